The van der Waals surface area contributed by atoms with Gasteiger partial charge in [0.1, 0.15) is 0 Å². The molecule has 0 fully saturated rings. The number of aromatic nitrogens is 1. The molecule has 0 aliphatic heterocycles. The number of hydrogen-bond acceptors (Lipinski definition) is 4. The van der Waals surface area contributed by atoms with Gasteiger partial charge in [-0.25, -0.2) is 4.98 Å². The molecule has 1 heterocycles. The Labute approximate surface area is 125 Å². The van der Waals surface area contributed by atoms with Gasteiger partial charge >= 0.3 is 0 Å². The molecule has 0 bridgehead atoms. The van der Waals surface area contributed by atoms with Crippen molar-refractivity contribution >= 4 is 17.3 Å². The maximum Gasteiger partial charge on any atom is 0.191 e. The van der Waals surface area contributed by atoms with Crippen LogP contribution in [0, 0.1) is 13.8 Å². The lowest BCUT2D eigenvalue weighted by Crippen LogP contribution is -2.38. The number of thiazole rings is 1. The fourth-order valence-electron chi connectivity index (χ4n) is 1.64. The van der Waals surface area contributed by atoms with E-state index < -0.39 is 0 Å². The van der Waals surface area contributed by atoms with E-state index in [1.807, 2.05) is 6.92 Å². The normalized spacial score (nSPS) is 11.7. The van der Waals surface area contributed by atoms with Crippen LogP contribution in [-0.4, -0.2) is 43.8 Å². The molecule has 0 atom stereocenters. The maximum atomic E-state index is 5.28. The predicted octanol–water partition coefficient (Wildman–Crippen LogP) is 1.89. The van der Waals surface area contributed by atoms with Gasteiger partial charge in [-0.3, -0.25) is 4.99 Å². The summed E-state index contributed by atoms with van der Waals surface area (Å²) < 4.78 is 5.28. The van der Waals surface area contributed by atoms with Gasteiger partial charge in [0.15, 0.2) is 5.96 Å². The van der Waals surface area contributed by atoms with Crippen LogP contribution >= 0.6 is 11.3 Å². The van der Waals surface area contributed by atoms with Gasteiger partial charge in [0, 0.05) is 31.0 Å². The number of rotatable bonds is 8. The second-order valence-corrected chi connectivity index (χ2v) is 5.67. The van der Waals surface area contributed by atoms with Crippen molar-refractivity contribution < 1.29 is 4.74 Å². The molecule has 20 heavy (non-hydrogen) atoms. The molecule has 0 saturated carbocycles. The van der Waals surface area contributed by atoms with Crippen molar-refractivity contribution in [1.29, 1.82) is 0 Å². The van der Waals surface area contributed by atoms with Crippen LogP contribution in [-0.2, 0) is 11.2 Å². The Morgan fingerprint density at radius 3 is 2.70 bits per heavy atom. The number of aryl methyl sites for hydroxylation is 2. The van der Waals surface area contributed by atoms with Crippen molar-refractivity contribution in [2.75, 3.05) is 32.8 Å². The molecule has 2 N–H and O–H groups in total. The number of ether oxygens (including phenoxy) is 1. The smallest absolute Gasteiger partial charge is 0.191 e. The zero-order valence-corrected chi connectivity index (χ0v) is 13.8. The molecule has 0 radical (unpaired) electrons. The third-order valence-corrected chi connectivity index (χ3v) is 3.89. The lowest BCUT2D eigenvalue weighted by molar-refractivity contribution is 0.155. The molecule has 114 valence electrons. The average molecular weight is 298 g/mol. The summed E-state index contributed by atoms with van der Waals surface area (Å²) in [4.78, 5) is 10.3. The third-order valence-electron chi connectivity index (χ3n) is 2.76. The summed E-state index contributed by atoms with van der Waals surface area (Å²) in [5, 5.41) is 7.73. The lowest BCUT2D eigenvalue weighted by Gasteiger charge is -2.10. The van der Waals surface area contributed by atoms with Crippen LogP contribution in [0.25, 0.3) is 0 Å². The first kappa shape index (κ1) is 16.9. The van der Waals surface area contributed by atoms with Crippen LogP contribution < -0.4 is 10.6 Å². The minimum atomic E-state index is 0.665. The van der Waals surface area contributed by atoms with E-state index in [-0.39, 0.29) is 0 Å². The van der Waals surface area contributed by atoms with Gasteiger partial charge in [-0.15, -0.1) is 11.3 Å². The summed E-state index contributed by atoms with van der Waals surface area (Å²) in [6.45, 7) is 12.0. The largest absolute Gasteiger partial charge is 0.380 e. The van der Waals surface area contributed by atoms with Gasteiger partial charge in [0.2, 0.25) is 0 Å². The van der Waals surface area contributed by atoms with E-state index >= 15 is 0 Å². The zero-order valence-electron chi connectivity index (χ0n) is 13.0. The van der Waals surface area contributed by atoms with E-state index in [1.165, 1.54) is 9.88 Å². The first-order valence-electron chi connectivity index (χ1n) is 7.20. The van der Waals surface area contributed by atoms with E-state index in [4.69, 9.17) is 4.74 Å². The van der Waals surface area contributed by atoms with Crippen LogP contribution in [0.3, 0.4) is 0 Å². The van der Waals surface area contributed by atoms with Gasteiger partial charge in [0.05, 0.1) is 23.9 Å². The van der Waals surface area contributed by atoms with E-state index in [1.54, 1.807) is 11.3 Å². The maximum absolute atomic E-state index is 5.28. The Morgan fingerprint density at radius 2 is 2.10 bits per heavy atom. The monoisotopic (exact) mass is 298 g/mol. The molecule has 0 aliphatic rings. The summed E-state index contributed by atoms with van der Waals surface area (Å²) >= 11 is 1.77. The second kappa shape index (κ2) is 9.72. The number of guanidine groups is 1. The zero-order chi connectivity index (χ0) is 14.8. The van der Waals surface area contributed by atoms with Gasteiger partial charge in [-0.1, -0.05) is 0 Å². The van der Waals surface area contributed by atoms with Gasteiger partial charge < -0.3 is 15.4 Å². The molecule has 0 spiro atoms. The van der Waals surface area contributed by atoms with Gasteiger partial charge in [-0.2, -0.15) is 0 Å². The summed E-state index contributed by atoms with van der Waals surface area (Å²) in [5.41, 5.74) is 1.14. The molecule has 0 aliphatic carbocycles. The topological polar surface area (TPSA) is 58.5 Å². The SMILES string of the molecule is CCNC(=NCCOCC)NCCc1nc(C)c(C)s1. The highest BCUT2D eigenvalue weighted by molar-refractivity contribution is 7.11. The minimum Gasteiger partial charge on any atom is -0.380 e. The Hall–Kier alpha value is -1.14. The summed E-state index contributed by atoms with van der Waals surface area (Å²) in [6.07, 6.45) is 0.926. The molecule has 1 rings (SSSR count). The number of nitrogens with one attached hydrogen (secondary N) is 2. The van der Waals surface area contributed by atoms with Crippen molar-refractivity contribution in [3.63, 3.8) is 0 Å². The Bertz CT molecular complexity index is 398. The van der Waals surface area contributed by atoms with Crippen LogP contribution in [0.4, 0.5) is 0 Å². The molecular weight excluding hydrogens is 272 g/mol. The molecule has 0 unspecified atom stereocenters. The molecule has 6 heteroatoms. The minimum absolute atomic E-state index is 0.665. The molecule has 1 aromatic heterocycles. The fraction of sp³-hybridized carbons (Fsp3) is 0.714. The van der Waals surface area contributed by atoms with Gasteiger partial charge in [-0.05, 0) is 27.7 Å². The van der Waals surface area contributed by atoms with Crippen LogP contribution in [0.1, 0.15) is 29.4 Å². The first-order valence-corrected chi connectivity index (χ1v) is 8.01. The summed E-state index contributed by atoms with van der Waals surface area (Å²) in [6, 6.07) is 0. The van der Waals surface area contributed by atoms with Crippen molar-refractivity contribution in [2.24, 2.45) is 4.99 Å². The van der Waals surface area contributed by atoms with E-state index in [0.717, 1.165) is 37.8 Å². The quantitative estimate of drug-likeness (QED) is 0.437. The Morgan fingerprint density at radius 1 is 1.30 bits per heavy atom. The predicted molar refractivity (Wildman–Crippen MR) is 85.8 cm³/mol. The number of aliphatic imine (C=N–C) groups is 1. The van der Waals surface area contributed by atoms with Crippen molar-refractivity contribution in [3.05, 3.63) is 15.6 Å². The van der Waals surface area contributed by atoms with Crippen molar-refractivity contribution in [2.45, 2.75) is 34.1 Å². The second-order valence-electron chi connectivity index (χ2n) is 4.38. The molecule has 0 aromatic carbocycles. The molecular formula is C14H26N4OS. The number of nitrogens with zero attached hydrogens (tertiary/aromatic N) is 2. The third kappa shape index (κ3) is 6.34. The highest BCUT2D eigenvalue weighted by atomic mass is 32.1. The Balaban J connectivity index is 2.34. The average Bonchev–Trinajstić information content (AvgIpc) is 2.73. The van der Waals surface area contributed by atoms with Crippen LogP contribution in [0.5, 0.6) is 0 Å². The summed E-state index contributed by atoms with van der Waals surface area (Å²) in [7, 11) is 0. The van der Waals surface area contributed by atoms with Gasteiger partial charge in [0.25, 0.3) is 0 Å². The molecule has 0 amide bonds. The fourth-order valence-corrected chi connectivity index (χ4v) is 2.58. The Kier molecular flexibility index (Phi) is 8.22. The standard InChI is InChI=1S/C14H26N4OS/c1-5-15-14(17-9-10-19-6-2)16-8-7-13-18-11(3)12(4)20-13/h5-10H2,1-4H3,(H2,15,16,17). The van der Waals surface area contributed by atoms with E-state index in [2.05, 4.69) is 41.4 Å². The first-order chi connectivity index (χ1) is 9.67. The van der Waals surface area contributed by atoms with Crippen LogP contribution in [0.15, 0.2) is 4.99 Å². The highest BCUT2D eigenvalue weighted by Crippen LogP contribution is 2.16. The van der Waals surface area contributed by atoms with Crippen molar-refractivity contribution in [3.8, 4) is 0 Å². The molecule has 5 nitrogen and oxygen atoms in total. The van der Waals surface area contributed by atoms with Crippen molar-refractivity contribution in [1.82, 2.24) is 15.6 Å². The lowest BCUT2D eigenvalue weighted by atomic mass is 10.4. The van der Waals surface area contributed by atoms with E-state index in [0.29, 0.717) is 13.2 Å². The van der Waals surface area contributed by atoms with Crippen LogP contribution in [0.2, 0.25) is 0 Å². The van der Waals surface area contributed by atoms with E-state index in [9.17, 15) is 0 Å². The number of hydrogen-bond donors (Lipinski definition) is 2. The summed E-state index contributed by atoms with van der Waals surface area (Å²) in [5.74, 6) is 0.845. The molecule has 0 saturated heterocycles. The molecule has 1 aromatic rings. The highest BCUT2D eigenvalue weighted by Gasteiger charge is 2.03.